The van der Waals surface area contributed by atoms with Gasteiger partial charge in [0.2, 0.25) is 15.9 Å². The maximum Gasteiger partial charge on any atom is 0.243 e. The lowest BCUT2D eigenvalue weighted by Crippen LogP contribution is -2.49. The molecule has 0 saturated heterocycles. The van der Waals surface area contributed by atoms with Crippen LogP contribution in [0.1, 0.15) is 18.9 Å². The second-order valence-corrected chi connectivity index (χ2v) is 8.43. The van der Waals surface area contributed by atoms with Crippen LogP contribution < -0.4 is 19.1 Å². The summed E-state index contributed by atoms with van der Waals surface area (Å²) >= 11 is 0. The van der Waals surface area contributed by atoms with Crippen LogP contribution in [0.15, 0.2) is 48.5 Å². The molecule has 0 bridgehead atoms. The van der Waals surface area contributed by atoms with E-state index in [1.165, 1.54) is 7.11 Å². The molecule has 1 amide bonds. The quantitative estimate of drug-likeness (QED) is 0.639. The molecule has 29 heavy (non-hydrogen) atoms. The Kier molecular flexibility index (Phi) is 7.90. The zero-order chi connectivity index (χ0) is 21.4. The van der Waals surface area contributed by atoms with Gasteiger partial charge < -0.3 is 14.8 Å². The molecule has 0 aliphatic heterocycles. The summed E-state index contributed by atoms with van der Waals surface area (Å²) in [7, 11) is -0.567. The van der Waals surface area contributed by atoms with Crippen molar-refractivity contribution < 1.29 is 22.7 Å². The minimum atomic E-state index is -3.68. The number of carbonyl (C=O) groups excluding carboxylic acids is 1. The molecule has 0 aliphatic rings. The minimum absolute atomic E-state index is 0.332. The predicted octanol–water partition coefficient (Wildman–Crippen LogP) is 2.61. The lowest BCUT2D eigenvalue weighted by Gasteiger charge is -2.30. The Bertz CT molecular complexity index is 913. The first-order chi connectivity index (χ1) is 13.8. The van der Waals surface area contributed by atoms with Crippen molar-refractivity contribution in [3.63, 3.8) is 0 Å². The molecule has 0 fully saturated rings. The van der Waals surface area contributed by atoms with Crippen molar-refractivity contribution in [2.24, 2.45) is 0 Å². The molecule has 2 rings (SSSR count). The fourth-order valence-electron chi connectivity index (χ4n) is 3.05. The van der Waals surface area contributed by atoms with Crippen LogP contribution in [-0.4, -0.2) is 47.4 Å². The molecule has 0 heterocycles. The molecule has 8 heteroatoms. The number of methoxy groups -OCH3 is 2. The molecule has 2 aromatic rings. The summed E-state index contributed by atoms with van der Waals surface area (Å²) in [6.07, 6.45) is 2.06. The van der Waals surface area contributed by atoms with Crippen LogP contribution in [0.3, 0.4) is 0 Å². The Balaban J connectivity index is 2.13. The molecule has 1 atom stereocenters. The topological polar surface area (TPSA) is 84.9 Å². The summed E-state index contributed by atoms with van der Waals surface area (Å²) in [4.78, 5) is 12.8. The minimum Gasteiger partial charge on any atom is -0.497 e. The van der Waals surface area contributed by atoms with Crippen molar-refractivity contribution in [2.45, 2.75) is 25.8 Å². The molecular weight excluding hydrogens is 392 g/mol. The number of hydrogen-bond acceptors (Lipinski definition) is 5. The van der Waals surface area contributed by atoms with Gasteiger partial charge in [-0.15, -0.1) is 0 Å². The monoisotopic (exact) mass is 420 g/mol. The van der Waals surface area contributed by atoms with Crippen LogP contribution in [0.25, 0.3) is 0 Å². The first-order valence-corrected chi connectivity index (χ1v) is 11.2. The van der Waals surface area contributed by atoms with Crippen molar-refractivity contribution in [1.82, 2.24) is 5.32 Å². The summed E-state index contributed by atoms with van der Waals surface area (Å²) in [6, 6.07) is 13.4. The summed E-state index contributed by atoms with van der Waals surface area (Å²) in [5, 5.41) is 2.85. The van der Waals surface area contributed by atoms with Gasteiger partial charge in [-0.05, 0) is 42.7 Å². The normalized spacial score (nSPS) is 12.1. The van der Waals surface area contributed by atoms with E-state index in [9.17, 15) is 13.2 Å². The maximum absolute atomic E-state index is 12.8. The standard InChI is InChI=1S/C21H28N2O5S/c1-5-20(21(24)22-14-13-16-9-11-18(27-2)12-10-16)23(29(4,25)26)17-7-6-8-19(15-17)28-3/h6-12,15,20H,5,13-14H2,1-4H3,(H,22,24)/t20-/m1/s1. The molecule has 0 radical (unpaired) electrons. The Morgan fingerprint density at radius 3 is 2.28 bits per heavy atom. The fraction of sp³-hybridized carbons (Fsp3) is 0.381. The van der Waals surface area contributed by atoms with E-state index in [-0.39, 0.29) is 5.91 Å². The highest BCUT2D eigenvalue weighted by molar-refractivity contribution is 7.92. The summed E-state index contributed by atoms with van der Waals surface area (Å²) < 4.78 is 36.4. The summed E-state index contributed by atoms with van der Waals surface area (Å²) in [6.45, 7) is 2.18. The third-order valence-corrected chi connectivity index (χ3v) is 5.69. The summed E-state index contributed by atoms with van der Waals surface area (Å²) in [5.74, 6) is 0.950. The van der Waals surface area contributed by atoms with E-state index < -0.39 is 16.1 Å². The number of sulfonamides is 1. The SMILES string of the molecule is CC[C@H](C(=O)NCCc1ccc(OC)cc1)N(c1cccc(OC)c1)S(C)(=O)=O. The number of nitrogens with zero attached hydrogens (tertiary/aromatic N) is 1. The maximum atomic E-state index is 12.8. The van der Waals surface area contributed by atoms with Crippen LogP contribution in [-0.2, 0) is 21.2 Å². The Morgan fingerprint density at radius 1 is 1.07 bits per heavy atom. The molecule has 0 saturated carbocycles. The van der Waals surface area contributed by atoms with Crippen molar-refractivity contribution >= 4 is 21.6 Å². The molecule has 0 spiro atoms. The van der Waals surface area contributed by atoms with E-state index in [2.05, 4.69) is 5.32 Å². The number of nitrogens with one attached hydrogen (secondary N) is 1. The molecule has 2 aromatic carbocycles. The number of amides is 1. The van der Waals surface area contributed by atoms with Gasteiger partial charge in [-0.25, -0.2) is 8.42 Å². The number of carbonyl (C=O) groups is 1. The van der Waals surface area contributed by atoms with E-state index in [4.69, 9.17) is 9.47 Å². The highest BCUT2D eigenvalue weighted by Gasteiger charge is 2.31. The van der Waals surface area contributed by atoms with Crippen LogP contribution in [0.2, 0.25) is 0 Å². The van der Waals surface area contributed by atoms with Gasteiger partial charge >= 0.3 is 0 Å². The van der Waals surface area contributed by atoms with Crippen LogP contribution in [0.4, 0.5) is 5.69 Å². The third kappa shape index (κ3) is 6.12. The highest BCUT2D eigenvalue weighted by atomic mass is 32.2. The number of benzene rings is 2. The molecule has 7 nitrogen and oxygen atoms in total. The third-order valence-electron chi connectivity index (χ3n) is 4.51. The van der Waals surface area contributed by atoms with Crippen LogP contribution in [0, 0.1) is 0 Å². The fourth-order valence-corrected chi connectivity index (χ4v) is 4.25. The van der Waals surface area contributed by atoms with Gasteiger partial charge in [0.05, 0.1) is 26.2 Å². The smallest absolute Gasteiger partial charge is 0.243 e. The lowest BCUT2D eigenvalue weighted by molar-refractivity contribution is -0.122. The zero-order valence-corrected chi connectivity index (χ0v) is 18.0. The molecule has 0 aromatic heterocycles. The van der Waals surface area contributed by atoms with Gasteiger partial charge in [-0.1, -0.05) is 25.1 Å². The van der Waals surface area contributed by atoms with Crippen LogP contribution in [0.5, 0.6) is 11.5 Å². The first-order valence-electron chi connectivity index (χ1n) is 9.34. The number of hydrogen-bond donors (Lipinski definition) is 1. The molecule has 1 N–H and O–H groups in total. The van der Waals surface area contributed by atoms with Gasteiger partial charge in [0.25, 0.3) is 0 Å². The Labute approximate surface area is 172 Å². The molecule has 158 valence electrons. The molecule has 0 aliphatic carbocycles. The van der Waals surface area contributed by atoms with E-state index >= 15 is 0 Å². The van der Waals surface area contributed by atoms with Crippen molar-refractivity contribution in [2.75, 3.05) is 31.3 Å². The highest BCUT2D eigenvalue weighted by Crippen LogP contribution is 2.26. The largest absolute Gasteiger partial charge is 0.497 e. The van der Waals surface area contributed by atoms with Gasteiger partial charge in [0.15, 0.2) is 0 Å². The number of ether oxygens (including phenoxy) is 2. The van der Waals surface area contributed by atoms with E-state index in [1.807, 2.05) is 24.3 Å². The predicted molar refractivity (Wildman–Crippen MR) is 114 cm³/mol. The number of rotatable bonds is 10. The second-order valence-electron chi connectivity index (χ2n) is 6.57. The van der Waals surface area contributed by atoms with Gasteiger partial charge in [-0.3, -0.25) is 9.10 Å². The Hall–Kier alpha value is -2.74. The van der Waals surface area contributed by atoms with E-state index in [1.54, 1.807) is 38.3 Å². The molecular formula is C21H28N2O5S. The average Bonchev–Trinajstić information content (AvgIpc) is 2.71. The molecule has 0 unspecified atom stereocenters. The van der Waals surface area contributed by atoms with Crippen molar-refractivity contribution in [1.29, 1.82) is 0 Å². The lowest BCUT2D eigenvalue weighted by atomic mass is 10.1. The average molecular weight is 421 g/mol. The zero-order valence-electron chi connectivity index (χ0n) is 17.2. The van der Waals surface area contributed by atoms with Crippen molar-refractivity contribution in [3.05, 3.63) is 54.1 Å². The summed E-state index contributed by atoms with van der Waals surface area (Å²) in [5.41, 5.74) is 1.44. The number of anilines is 1. The Morgan fingerprint density at radius 2 is 1.72 bits per heavy atom. The van der Waals surface area contributed by atoms with E-state index in [0.717, 1.165) is 21.9 Å². The van der Waals surface area contributed by atoms with Crippen molar-refractivity contribution in [3.8, 4) is 11.5 Å². The van der Waals surface area contributed by atoms with Crippen LogP contribution >= 0.6 is 0 Å². The van der Waals surface area contributed by atoms with Gasteiger partial charge in [-0.2, -0.15) is 0 Å². The van der Waals surface area contributed by atoms with E-state index in [0.29, 0.717) is 30.8 Å². The van der Waals surface area contributed by atoms with Gasteiger partial charge in [0.1, 0.15) is 17.5 Å². The second kappa shape index (κ2) is 10.2. The first kappa shape index (κ1) is 22.5. The van der Waals surface area contributed by atoms with Gasteiger partial charge in [0, 0.05) is 12.6 Å².